The SMILES string of the molecule is COc1cccc(NC(=O)COc2ccc3c(=O)c(Oc4ccccc4)c(C)oc3c2)c1. The minimum Gasteiger partial charge on any atom is -0.497 e. The Bertz CT molecular complexity index is 1310. The van der Waals surface area contributed by atoms with Crippen molar-refractivity contribution in [1.29, 1.82) is 0 Å². The van der Waals surface area contributed by atoms with Crippen LogP contribution >= 0.6 is 0 Å². The molecular formula is C25H21NO6. The summed E-state index contributed by atoms with van der Waals surface area (Å²) in [4.78, 5) is 25.1. The van der Waals surface area contributed by atoms with Crippen LogP contribution in [0.25, 0.3) is 11.0 Å². The van der Waals surface area contributed by atoms with Gasteiger partial charge in [0.25, 0.3) is 5.91 Å². The number of anilines is 1. The maximum atomic E-state index is 12.9. The zero-order chi connectivity index (χ0) is 22.5. The van der Waals surface area contributed by atoms with Crippen LogP contribution in [0.5, 0.6) is 23.0 Å². The highest BCUT2D eigenvalue weighted by Gasteiger charge is 2.15. The van der Waals surface area contributed by atoms with Gasteiger partial charge in [0.05, 0.1) is 12.5 Å². The highest BCUT2D eigenvalue weighted by atomic mass is 16.5. The number of nitrogens with one attached hydrogen (secondary N) is 1. The molecule has 1 aromatic heterocycles. The van der Waals surface area contributed by atoms with Crippen molar-refractivity contribution >= 4 is 22.6 Å². The average molecular weight is 431 g/mol. The second kappa shape index (κ2) is 9.26. The Balaban J connectivity index is 1.48. The lowest BCUT2D eigenvalue weighted by Gasteiger charge is -2.11. The molecule has 1 N–H and O–H groups in total. The maximum absolute atomic E-state index is 12.9. The van der Waals surface area contributed by atoms with E-state index in [1.54, 1.807) is 68.6 Å². The van der Waals surface area contributed by atoms with E-state index in [-0.39, 0.29) is 23.7 Å². The van der Waals surface area contributed by atoms with E-state index in [2.05, 4.69) is 5.32 Å². The fraction of sp³-hybridized carbons (Fsp3) is 0.120. The van der Waals surface area contributed by atoms with E-state index in [4.69, 9.17) is 18.6 Å². The summed E-state index contributed by atoms with van der Waals surface area (Å²) in [6, 6.07) is 20.8. The molecule has 0 fully saturated rings. The number of carbonyl (C=O) groups is 1. The van der Waals surface area contributed by atoms with E-state index in [9.17, 15) is 9.59 Å². The standard InChI is InChI=1S/C25H21NO6/c1-16-25(32-18-8-4-3-5-9-18)24(28)21-12-11-20(14-22(21)31-16)30-15-23(27)26-17-7-6-10-19(13-17)29-2/h3-14H,15H2,1-2H3,(H,26,27). The van der Waals surface area contributed by atoms with Gasteiger partial charge in [-0.3, -0.25) is 9.59 Å². The first-order chi connectivity index (χ1) is 15.5. The second-order valence-electron chi connectivity index (χ2n) is 6.96. The predicted octanol–water partition coefficient (Wildman–Crippen LogP) is 4.92. The van der Waals surface area contributed by atoms with E-state index >= 15 is 0 Å². The summed E-state index contributed by atoms with van der Waals surface area (Å²) < 4.78 is 22.2. The number of carbonyl (C=O) groups excluding carboxylic acids is 1. The fourth-order valence-corrected chi connectivity index (χ4v) is 3.13. The number of methoxy groups -OCH3 is 1. The Morgan fingerprint density at radius 2 is 1.72 bits per heavy atom. The van der Waals surface area contributed by atoms with Gasteiger partial charge in [-0.1, -0.05) is 24.3 Å². The summed E-state index contributed by atoms with van der Waals surface area (Å²) >= 11 is 0. The van der Waals surface area contributed by atoms with E-state index in [0.717, 1.165) is 0 Å². The molecule has 0 radical (unpaired) electrons. The van der Waals surface area contributed by atoms with Crippen LogP contribution in [0.2, 0.25) is 0 Å². The normalized spacial score (nSPS) is 10.6. The third kappa shape index (κ3) is 4.73. The molecule has 162 valence electrons. The van der Waals surface area contributed by atoms with Gasteiger partial charge in [0.15, 0.2) is 6.61 Å². The highest BCUT2D eigenvalue weighted by molar-refractivity contribution is 5.92. The molecular weight excluding hydrogens is 410 g/mol. The number of hydrogen-bond donors (Lipinski definition) is 1. The number of aryl methyl sites for hydroxylation is 1. The molecule has 32 heavy (non-hydrogen) atoms. The third-order valence-electron chi connectivity index (χ3n) is 4.67. The topological polar surface area (TPSA) is 87.0 Å². The molecule has 4 rings (SSSR count). The van der Waals surface area contributed by atoms with Gasteiger partial charge < -0.3 is 23.9 Å². The molecule has 0 unspecified atom stereocenters. The van der Waals surface area contributed by atoms with Gasteiger partial charge in [0.1, 0.15) is 28.6 Å². The van der Waals surface area contributed by atoms with Crippen LogP contribution in [-0.4, -0.2) is 19.6 Å². The molecule has 7 heteroatoms. The van der Waals surface area contributed by atoms with Gasteiger partial charge in [-0.25, -0.2) is 0 Å². The zero-order valence-corrected chi connectivity index (χ0v) is 17.6. The zero-order valence-electron chi connectivity index (χ0n) is 17.6. The first-order valence-corrected chi connectivity index (χ1v) is 9.90. The van der Waals surface area contributed by atoms with Crippen LogP contribution in [0.4, 0.5) is 5.69 Å². The van der Waals surface area contributed by atoms with E-state index in [0.29, 0.717) is 39.7 Å². The lowest BCUT2D eigenvalue weighted by molar-refractivity contribution is -0.118. The van der Waals surface area contributed by atoms with Crippen molar-refractivity contribution < 1.29 is 23.4 Å². The number of benzene rings is 3. The lowest BCUT2D eigenvalue weighted by atomic mass is 10.2. The second-order valence-corrected chi connectivity index (χ2v) is 6.96. The summed E-state index contributed by atoms with van der Waals surface area (Å²) in [7, 11) is 1.56. The minimum absolute atomic E-state index is 0.134. The molecule has 4 aromatic rings. The number of rotatable bonds is 7. The fourth-order valence-electron chi connectivity index (χ4n) is 3.13. The van der Waals surface area contributed by atoms with Crippen LogP contribution in [-0.2, 0) is 4.79 Å². The van der Waals surface area contributed by atoms with E-state index in [1.165, 1.54) is 0 Å². The summed E-state index contributed by atoms with van der Waals surface area (Å²) in [6.45, 7) is 1.45. The molecule has 3 aromatic carbocycles. The summed E-state index contributed by atoms with van der Waals surface area (Å²) in [5.74, 6) is 1.73. The number of para-hydroxylation sites is 1. The Kier molecular flexibility index (Phi) is 6.07. The molecule has 0 bridgehead atoms. The Hall–Kier alpha value is -4.26. The first kappa shape index (κ1) is 21.0. The Labute approximate surface area is 184 Å². The van der Waals surface area contributed by atoms with Crippen LogP contribution in [0.1, 0.15) is 5.76 Å². The van der Waals surface area contributed by atoms with Crippen molar-refractivity contribution in [3.63, 3.8) is 0 Å². The number of fused-ring (bicyclic) bond motifs is 1. The molecule has 0 aliphatic carbocycles. The molecule has 0 aliphatic rings. The predicted molar refractivity (Wildman–Crippen MR) is 121 cm³/mol. The summed E-state index contributed by atoms with van der Waals surface area (Å²) in [6.07, 6.45) is 0. The van der Waals surface area contributed by atoms with Crippen LogP contribution < -0.4 is 25.0 Å². The van der Waals surface area contributed by atoms with Gasteiger partial charge in [-0.2, -0.15) is 0 Å². The van der Waals surface area contributed by atoms with Crippen molar-refractivity contribution in [2.24, 2.45) is 0 Å². The van der Waals surface area contributed by atoms with Crippen molar-refractivity contribution in [2.45, 2.75) is 6.92 Å². The molecule has 0 saturated heterocycles. The molecule has 0 saturated carbocycles. The van der Waals surface area contributed by atoms with Crippen LogP contribution in [0.3, 0.4) is 0 Å². The van der Waals surface area contributed by atoms with Gasteiger partial charge in [-0.05, 0) is 43.3 Å². The monoisotopic (exact) mass is 431 g/mol. The van der Waals surface area contributed by atoms with Crippen LogP contribution in [0, 0.1) is 6.92 Å². The quantitative estimate of drug-likeness (QED) is 0.447. The van der Waals surface area contributed by atoms with Crippen molar-refractivity contribution in [2.75, 3.05) is 19.0 Å². The van der Waals surface area contributed by atoms with Crippen molar-refractivity contribution in [1.82, 2.24) is 0 Å². The first-order valence-electron chi connectivity index (χ1n) is 9.90. The highest BCUT2D eigenvalue weighted by Crippen LogP contribution is 2.27. The minimum atomic E-state index is -0.331. The van der Waals surface area contributed by atoms with E-state index < -0.39 is 0 Å². The lowest BCUT2D eigenvalue weighted by Crippen LogP contribution is -2.20. The molecule has 7 nitrogen and oxygen atoms in total. The molecule has 0 aliphatic heterocycles. The number of amides is 1. The van der Waals surface area contributed by atoms with Gasteiger partial charge >= 0.3 is 0 Å². The van der Waals surface area contributed by atoms with Gasteiger partial charge in [-0.15, -0.1) is 0 Å². The summed E-state index contributed by atoms with van der Waals surface area (Å²) in [5.41, 5.74) is 0.664. The maximum Gasteiger partial charge on any atom is 0.262 e. The van der Waals surface area contributed by atoms with Gasteiger partial charge in [0, 0.05) is 17.8 Å². The molecule has 0 atom stereocenters. The van der Waals surface area contributed by atoms with E-state index in [1.807, 2.05) is 18.2 Å². The smallest absolute Gasteiger partial charge is 0.262 e. The van der Waals surface area contributed by atoms with Gasteiger partial charge in [0.2, 0.25) is 11.2 Å². The Morgan fingerprint density at radius 1 is 0.938 bits per heavy atom. The largest absolute Gasteiger partial charge is 0.497 e. The summed E-state index contributed by atoms with van der Waals surface area (Å²) in [5, 5.41) is 3.10. The van der Waals surface area contributed by atoms with Crippen molar-refractivity contribution in [3.05, 3.63) is 88.8 Å². The van der Waals surface area contributed by atoms with Crippen molar-refractivity contribution in [3.8, 4) is 23.0 Å². The Morgan fingerprint density at radius 3 is 2.50 bits per heavy atom. The average Bonchev–Trinajstić information content (AvgIpc) is 2.81. The molecule has 0 spiro atoms. The third-order valence-corrected chi connectivity index (χ3v) is 4.67. The number of hydrogen-bond acceptors (Lipinski definition) is 6. The number of ether oxygens (including phenoxy) is 3. The van der Waals surface area contributed by atoms with Crippen LogP contribution in [0.15, 0.2) is 82.0 Å². The molecule has 1 heterocycles. The molecule has 1 amide bonds.